The number of hydrogen-bond donors (Lipinski definition) is 3. The summed E-state index contributed by atoms with van der Waals surface area (Å²) >= 11 is 0. The number of benzene rings is 1. The van der Waals surface area contributed by atoms with Crippen LogP contribution in [0.1, 0.15) is 47.2 Å². The number of ether oxygens (including phenoxy) is 2. The molecule has 1 aliphatic carbocycles. The van der Waals surface area contributed by atoms with E-state index in [0.717, 1.165) is 18.2 Å². The second-order valence-corrected chi connectivity index (χ2v) is 10.7. The summed E-state index contributed by atoms with van der Waals surface area (Å²) < 4.78 is 118. The molecule has 1 aliphatic rings. The smallest absolute Gasteiger partial charge is 0.418 e. The van der Waals surface area contributed by atoms with Crippen LogP contribution in [0, 0.1) is 5.92 Å². The Morgan fingerprint density at radius 1 is 1.04 bits per heavy atom. The number of methoxy groups -OCH3 is 1. The number of pyridine rings is 1. The molecule has 46 heavy (non-hydrogen) atoms. The number of halogens is 8. The van der Waals surface area contributed by atoms with Gasteiger partial charge in [-0.3, -0.25) is 14.2 Å². The summed E-state index contributed by atoms with van der Waals surface area (Å²) in [4.78, 5) is 33.3. The van der Waals surface area contributed by atoms with E-state index in [1.807, 2.05) is 0 Å². The third kappa shape index (κ3) is 8.52. The normalized spacial score (nSPS) is 17.3. The lowest BCUT2D eigenvalue weighted by Crippen LogP contribution is -2.40. The Morgan fingerprint density at radius 2 is 1.74 bits per heavy atom. The molecule has 2 heterocycles. The van der Waals surface area contributed by atoms with Crippen LogP contribution in [-0.2, 0) is 29.3 Å². The van der Waals surface area contributed by atoms with Crippen molar-refractivity contribution in [2.24, 2.45) is 13.0 Å². The number of anilines is 2. The van der Waals surface area contributed by atoms with Crippen molar-refractivity contribution in [3.05, 3.63) is 41.0 Å². The molecule has 1 saturated carbocycles. The minimum absolute atomic E-state index is 0.0168. The molecule has 252 valence electrons. The number of rotatable bonds is 11. The van der Waals surface area contributed by atoms with Gasteiger partial charge in [0.15, 0.2) is 12.3 Å². The molecular formula is C28H30F8N6O4. The monoisotopic (exact) mass is 666 g/mol. The number of carbonyl (C=O) groups excluding carboxylic acids is 2. The molecule has 0 bridgehead atoms. The summed E-state index contributed by atoms with van der Waals surface area (Å²) in [7, 11) is 2.68. The van der Waals surface area contributed by atoms with Crippen molar-refractivity contribution in [1.29, 1.82) is 0 Å². The van der Waals surface area contributed by atoms with E-state index in [1.54, 1.807) is 0 Å². The molecule has 0 aliphatic heterocycles. The maximum Gasteiger partial charge on any atom is 0.418 e. The van der Waals surface area contributed by atoms with Crippen LogP contribution in [0.4, 0.5) is 46.8 Å². The van der Waals surface area contributed by atoms with Gasteiger partial charge in [0.05, 0.1) is 17.2 Å². The van der Waals surface area contributed by atoms with Crippen molar-refractivity contribution < 1.29 is 54.2 Å². The number of fused-ring (bicyclic) bond motifs is 1. The number of hydrogen-bond acceptors (Lipinski definition) is 7. The van der Waals surface area contributed by atoms with Crippen molar-refractivity contribution in [2.75, 3.05) is 25.6 Å². The van der Waals surface area contributed by atoms with Gasteiger partial charge < -0.3 is 25.4 Å². The van der Waals surface area contributed by atoms with Gasteiger partial charge in [-0.15, -0.1) is 0 Å². The Bertz CT molecular complexity index is 1550. The maximum atomic E-state index is 13.9. The lowest BCUT2D eigenvalue weighted by molar-refractivity contribution is -0.182. The predicted octanol–water partition coefficient (Wildman–Crippen LogP) is 5.49. The quantitative estimate of drug-likeness (QED) is 0.232. The highest BCUT2D eigenvalue weighted by atomic mass is 19.4. The molecule has 0 saturated heterocycles. The standard InChI is InChI=1S/C28H30F8N6O4/c1-42-23-20(40-26(42)39-19-9-14(11-37-22(43)13-45-2)3-8-18(19)28(34,35)36)10-17(25(41-23)46-12-21(29)30)24(44)38-16-6-4-15(5-7-16)27(31,32)33/h3,8-10,15-16,21H,4-7,11-13H2,1-2H3,(H,37,43)(H,38,44)(H,39,40)/t15-,16-. The first-order chi connectivity index (χ1) is 21.6. The molecule has 2 aromatic heterocycles. The van der Waals surface area contributed by atoms with Crippen LogP contribution >= 0.6 is 0 Å². The van der Waals surface area contributed by atoms with Gasteiger partial charge in [-0.2, -0.15) is 31.3 Å². The molecule has 0 spiro atoms. The number of carbonyl (C=O) groups is 2. The molecule has 4 rings (SSSR count). The fourth-order valence-electron chi connectivity index (χ4n) is 5.01. The predicted molar refractivity (Wildman–Crippen MR) is 148 cm³/mol. The van der Waals surface area contributed by atoms with Crippen LogP contribution in [0.2, 0.25) is 0 Å². The summed E-state index contributed by atoms with van der Waals surface area (Å²) in [6, 6.07) is 3.69. The van der Waals surface area contributed by atoms with E-state index in [4.69, 9.17) is 9.47 Å². The Morgan fingerprint density at radius 3 is 2.35 bits per heavy atom. The zero-order valence-electron chi connectivity index (χ0n) is 24.5. The maximum absolute atomic E-state index is 13.9. The molecule has 18 heteroatoms. The summed E-state index contributed by atoms with van der Waals surface area (Å²) in [5, 5.41) is 7.69. The van der Waals surface area contributed by atoms with Crippen LogP contribution in [0.5, 0.6) is 5.88 Å². The number of nitrogens with zero attached hydrogens (tertiary/aromatic N) is 3. The van der Waals surface area contributed by atoms with Crippen LogP contribution < -0.4 is 20.7 Å². The zero-order chi connectivity index (χ0) is 33.8. The third-order valence-electron chi connectivity index (χ3n) is 7.33. The van der Waals surface area contributed by atoms with E-state index in [9.17, 15) is 44.7 Å². The van der Waals surface area contributed by atoms with Crippen molar-refractivity contribution in [2.45, 2.75) is 57.0 Å². The summed E-state index contributed by atoms with van der Waals surface area (Å²) in [6.45, 7) is -1.50. The number of nitrogens with one attached hydrogen (secondary N) is 3. The summed E-state index contributed by atoms with van der Waals surface area (Å²) in [5.74, 6) is -3.52. The van der Waals surface area contributed by atoms with Gasteiger partial charge in [-0.05, 0) is 49.4 Å². The summed E-state index contributed by atoms with van der Waals surface area (Å²) in [6.07, 6.45) is -12.4. The van der Waals surface area contributed by atoms with Gasteiger partial charge in [-0.1, -0.05) is 6.07 Å². The van der Waals surface area contributed by atoms with E-state index in [2.05, 4.69) is 25.9 Å². The number of aryl methyl sites for hydroxylation is 1. The number of alkyl halides is 8. The van der Waals surface area contributed by atoms with Crippen molar-refractivity contribution in [3.8, 4) is 5.88 Å². The highest BCUT2D eigenvalue weighted by molar-refractivity contribution is 5.99. The molecular weight excluding hydrogens is 636 g/mol. The average molecular weight is 667 g/mol. The lowest BCUT2D eigenvalue weighted by Gasteiger charge is -2.30. The second-order valence-electron chi connectivity index (χ2n) is 10.7. The molecule has 1 aromatic carbocycles. The molecule has 3 aromatic rings. The van der Waals surface area contributed by atoms with Gasteiger partial charge in [0, 0.05) is 26.7 Å². The molecule has 2 amide bonds. The molecule has 10 nitrogen and oxygen atoms in total. The van der Waals surface area contributed by atoms with Crippen molar-refractivity contribution in [3.63, 3.8) is 0 Å². The van der Waals surface area contributed by atoms with E-state index < -0.39 is 66.3 Å². The minimum atomic E-state index is -4.79. The van der Waals surface area contributed by atoms with Gasteiger partial charge >= 0.3 is 12.4 Å². The fourth-order valence-corrected chi connectivity index (χ4v) is 5.01. The highest BCUT2D eigenvalue weighted by Gasteiger charge is 2.41. The zero-order valence-corrected chi connectivity index (χ0v) is 24.5. The first-order valence-electron chi connectivity index (χ1n) is 14.0. The topological polar surface area (TPSA) is 119 Å². The lowest BCUT2D eigenvalue weighted by atomic mass is 9.85. The SMILES string of the molecule is COCC(=O)NCc1ccc(C(F)(F)F)c(Nc2nc3cc(C(=O)N[C@H]4CC[C@H](C(F)(F)F)CC4)c(OCC(F)F)nc3n2C)c1. The Kier molecular flexibility index (Phi) is 10.6. The number of imidazole rings is 1. The van der Waals surface area contributed by atoms with Gasteiger partial charge in [0.25, 0.3) is 12.3 Å². The fraction of sp³-hybridized carbons (Fsp3) is 0.500. The summed E-state index contributed by atoms with van der Waals surface area (Å²) in [5.41, 5.74) is -1.56. The number of amides is 2. The van der Waals surface area contributed by atoms with E-state index in [-0.39, 0.29) is 61.5 Å². The number of aromatic nitrogens is 3. The second kappa shape index (κ2) is 14.0. The average Bonchev–Trinajstić information content (AvgIpc) is 3.27. The van der Waals surface area contributed by atoms with Crippen LogP contribution in [0.15, 0.2) is 24.3 Å². The largest absolute Gasteiger partial charge is 0.471 e. The van der Waals surface area contributed by atoms with Gasteiger partial charge in [-0.25, -0.2) is 13.8 Å². The van der Waals surface area contributed by atoms with E-state index >= 15 is 0 Å². The first-order valence-corrected chi connectivity index (χ1v) is 14.0. The van der Waals surface area contributed by atoms with Gasteiger partial charge in [0.1, 0.15) is 17.7 Å². The first kappa shape index (κ1) is 34.6. The molecule has 0 atom stereocenters. The third-order valence-corrected chi connectivity index (χ3v) is 7.33. The molecule has 0 unspecified atom stereocenters. The van der Waals surface area contributed by atoms with Crippen LogP contribution in [0.3, 0.4) is 0 Å². The van der Waals surface area contributed by atoms with E-state index in [0.29, 0.717) is 5.56 Å². The molecule has 1 fully saturated rings. The molecule has 3 N–H and O–H groups in total. The van der Waals surface area contributed by atoms with Gasteiger partial charge in [0.2, 0.25) is 17.7 Å². The highest BCUT2D eigenvalue weighted by Crippen LogP contribution is 2.39. The van der Waals surface area contributed by atoms with Crippen LogP contribution in [-0.4, -0.2) is 65.3 Å². The van der Waals surface area contributed by atoms with Crippen molar-refractivity contribution >= 4 is 34.6 Å². The van der Waals surface area contributed by atoms with E-state index in [1.165, 1.54) is 24.8 Å². The Balaban J connectivity index is 1.64. The molecule has 0 radical (unpaired) electrons. The minimum Gasteiger partial charge on any atom is -0.471 e. The Labute approximate surface area is 256 Å². The van der Waals surface area contributed by atoms with Crippen LogP contribution in [0.25, 0.3) is 11.2 Å². The Hall–Kier alpha value is -4.22. The van der Waals surface area contributed by atoms with Crippen molar-refractivity contribution in [1.82, 2.24) is 25.2 Å².